The topological polar surface area (TPSA) is 48.8 Å². The lowest BCUT2D eigenvalue weighted by Crippen LogP contribution is -2.04. The van der Waals surface area contributed by atoms with Gasteiger partial charge < -0.3 is 8.98 Å². The molecule has 0 N–H and O–H groups in total. The first kappa shape index (κ1) is 17.8. The zero-order valence-electron chi connectivity index (χ0n) is 31.4. The van der Waals surface area contributed by atoms with Gasteiger partial charge in [-0.2, -0.15) is 0 Å². The van der Waals surface area contributed by atoms with Gasteiger partial charge in [-0.15, -0.1) is 0 Å². The Balaban J connectivity index is 1.40. The molecule has 5 nitrogen and oxygen atoms in total. The quantitative estimate of drug-likeness (QED) is 0.208. The van der Waals surface area contributed by atoms with E-state index in [1.807, 2.05) is 66.7 Å². The summed E-state index contributed by atoms with van der Waals surface area (Å²) in [5.41, 5.74) is 4.38. The molecule has 0 radical (unpaired) electrons. The highest BCUT2D eigenvalue weighted by Crippen LogP contribution is 2.40. The van der Waals surface area contributed by atoms with Gasteiger partial charge in [-0.1, -0.05) is 96.9 Å². The van der Waals surface area contributed by atoms with Crippen LogP contribution in [0, 0.1) is 0 Å². The zero-order valence-corrected chi connectivity index (χ0v) is 23.4. The number of nitrogens with zero attached hydrogens (tertiary/aromatic N) is 4. The number of para-hydroxylation sites is 6. The van der Waals surface area contributed by atoms with E-state index in [9.17, 15) is 0 Å². The van der Waals surface area contributed by atoms with Gasteiger partial charge in [0, 0.05) is 32.5 Å². The lowest BCUT2D eigenvalue weighted by atomic mass is 10.1. The van der Waals surface area contributed by atoms with Crippen LogP contribution in [0.25, 0.3) is 88.6 Å². The number of aromatic nitrogens is 4. The molecule has 0 aliphatic carbocycles. The van der Waals surface area contributed by atoms with Crippen molar-refractivity contribution in [2.75, 3.05) is 0 Å². The Kier molecular flexibility index (Phi) is 3.62. The summed E-state index contributed by atoms with van der Waals surface area (Å²) in [6.07, 6.45) is 0. The van der Waals surface area contributed by atoms with Gasteiger partial charge in [0.15, 0.2) is 17.2 Å². The highest BCUT2D eigenvalue weighted by atomic mass is 16.3. The Morgan fingerprint density at radius 2 is 1.09 bits per heavy atom. The first-order valence-corrected chi connectivity index (χ1v) is 14.5. The summed E-state index contributed by atoms with van der Waals surface area (Å²) >= 11 is 0. The van der Waals surface area contributed by atoms with Crippen LogP contribution in [0.4, 0.5) is 0 Å². The maximum absolute atomic E-state index is 9.11. The summed E-state index contributed by atoms with van der Waals surface area (Å²) in [6.45, 7) is 0. The van der Waals surface area contributed by atoms with Crippen LogP contribution in [0.2, 0.25) is 0 Å². The van der Waals surface area contributed by atoms with E-state index in [1.54, 1.807) is 6.07 Å². The molecular weight excluding hydrogens is 552 g/mol. The largest absolute Gasteiger partial charge is 0.450 e. The van der Waals surface area contributed by atoms with Crippen LogP contribution >= 0.6 is 0 Å². The highest BCUT2D eigenvalue weighted by Gasteiger charge is 2.23. The SMILES string of the molecule is [2H]c1c([2H])c([2H])c2c(c1[2H])c1c([2H])c([2H])c([2H])c([2H])c1n2-c1nc(-c2ccccc2-n2c3ccccc3c3ccccc32)nc2c1oc1ccccc12. The van der Waals surface area contributed by atoms with E-state index in [0.717, 1.165) is 27.5 Å². The lowest BCUT2D eigenvalue weighted by Gasteiger charge is -2.14. The normalized spacial score (nSPS) is 14.5. The molecule has 0 bridgehead atoms. The van der Waals surface area contributed by atoms with Crippen molar-refractivity contribution >= 4 is 65.7 Å². The maximum atomic E-state index is 9.11. The van der Waals surface area contributed by atoms with Crippen LogP contribution in [0.15, 0.2) is 150 Å². The van der Waals surface area contributed by atoms with Gasteiger partial charge in [0.1, 0.15) is 11.1 Å². The van der Waals surface area contributed by atoms with Gasteiger partial charge in [-0.05, 0) is 48.5 Å². The molecule has 0 amide bonds. The molecule has 0 saturated heterocycles. The molecule has 0 aliphatic rings. The van der Waals surface area contributed by atoms with E-state index in [4.69, 9.17) is 25.4 Å². The van der Waals surface area contributed by atoms with Crippen LogP contribution in [0.5, 0.6) is 0 Å². The van der Waals surface area contributed by atoms with Gasteiger partial charge in [-0.3, -0.25) is 4.57 Å². The molecule has 0 fully saturated rings. The number of rotatable bonds is 3. The average molecular weight is 585 g/mol. The van der Waals surface area contributed by atoms with Crippen molar-refractivity contribution in [1.82, 2.24) is 19.1 Å². The Labute approximate surface area is 268 Å². The molecule has 45 heavy (non-hydrogen) atoms. The molecule has 0 aliphatic heterocycles. The van der Waals surface area contributed by atoms with Crippen molar-refractivity contribution in [1.29, 1.82) is 0 Å². The minimum Gasteiger partial charge on any atom is -0.450 e. The fourth-order valence-corrected chi connectivity index (χ4v) is 6.52. The van der Waals surface area contributed by atoms with Gasteiger partial charge in [0.2, 0.25) is 0 Å². The number of benzene rings is 6. The third-order valence-electron chi connectivity index (χ3n) is 8.41. The third kappa shape index (κ3) is 3.38. The Hall–Kier alpha value is -6.20. The highest BCUT2D eigenvalue weighted by molar-refractivity contribution is 6.12. The van der Waals surface area contributed by atoms with E-state index in [-0.39, 0.29) is 39.0 Å². The molecule has 210 valence electrons. The standard InChI is InChI=1S/C40H24N4O/c1-7-19-31-25(13-1)26-14-2-8-20-32(26)43(31)35-23-11-5-17-29(35)39-41-37-30-18-6-12-24-36(30)45-38(37)40(42-39)44-33-21-9-3-15-27(33)28-16-4-10-22-34(28)44/h1-24H/i3D,4D,9D,10D,15D,16D,21D,22D. The number of furan rings is 1. The van der Waals surface area contributed by atoms with Crippen molar-refractivity contribution in [3.8, 4) is 22.9 Å². The first-order chi connectivity index (χ1) is 25.7. The first-order valence-electron chi connectivity index (χ1n) is 18.5. The van der Waals surface area contributed by atoms with E-state index >= 15 is 0 Å². The Bertz CT molecular complexity index is 3110. The molecule has 0 unspecified atom stereocenters. The second-order valence-corrected chi connectivity index (χ2v) is 10.8. The van der Waals surface area contributed by atoms with Crippen LogP contribution in [0.3, 0.4) is 0 Å². The number of hydrogen-bond donors (Lipinski definition) is 0. The van der Waals surface area contributed by atoms with Crippen molar-refractivity contribution in [2.24, 2.45) is 0 Å². The average Bonchev–Trinajstić information content (AvgIpc) is 3.86. The fourth-order valence-electron chi connectivity index (χ4n) is 6.52. The number of hydrogen-bond acceptors (Lipinski definition) is 3. The Morgan fingerprint density at radius 1 is 0.511 bits per heavy atom. The summed E-state index contributed by atoms with van der Waals surface area (Å²) in [6, 6.07) is 27.6. The molecule has 0 atom stereocenters. The fraction of sp³-hybridized carbons (Fsp3) is 0. The maximum Gasteiger partial charge on any atom is 0.197 e. The summed E-state index contributed by atoms with van der Waals surface area (Å²) in [5, 5.41) is 2.72. The zero-order chi connectivity index (χ0) is 36.4. The van der Waals surface area contributed by atoms with Gasteiger partial charge in [-0.25, -0.2) is 9.97 Å². The predicted molar refractivity (Wildman–Crippen MR) is 183 cm³/mol. The van der Waals surface area contributed by atoms with Crippen molar-refractivity contribution in [3.05, 3.63) is 145 Å². The van der Waals surface area contributed by atoms with E-state index in [2.05, 4.69) is 28.8 Å². The molecular formula is C40H24N4O. The molecule has 5 heteroatoms. The third-order valence-corrected chi connectivity index (χ3v) is 8.41. The van der Waals surface area contributed by atoms with Gasteiger partial charge in [0.25, 0.3) is 0 Å². The molecule has 4 heterocycles. The monoisotopic (exact) mass is 584 g/mol. The molecule has 10 rings (SSSR count). The molecule has 4 aromatic heterocycles. The Morgan fingerprint density at radius 3 is 1.80 bits per heavy atom. The van der Waals surface area contributed by atoms with E-state index in [0.29, 0.717) is 22.0 Å². The molecule has 0 spiro atoms. The van der Waals surface area contributed by atoms with Crippen molar-refractivity contribution < 1.29 is 15.4 Å². The minimum absolute atomic E-state index is 0.0481. The van der Waals surface area contributed by atoms with Crippen LogP contribution in [0.1, 0.15) is 11.0 Å². The summed E-state index contributed by atoms with van der Waals surface area (Å²) in [4.78, 5) is 10.2. The summed E-state index contributed by atoms with van der Waals surface area (Å²) < 4.78 is 80.3. The smallest absolute Gasteiger partial charge is 0.197 e. The van der Waals surface area contributed by atoms with E-state index in [1.165, 1.54) is 4.57 Å². The van der Waals surface area contributed by atoms with Gasteiger partial charge >= 0.3 is 0 Å². The van der Waals surface area contributed by atoms with Crippen LogP contribution < -0.4 is 0 Å². The molecule has 6 aromatic carbocycles. The summed E-state index contributed by atoms with van der Waals surface area (Å²) in [7, 11) is 0. The minimum atomic E-state index is -0.522. The van der Waals surface area contributed by atoms with Crippen molar-refractivity contribution in [3.63, 3.8) is 0 Å². The summed E-state index contributed by atoms with van der Waals surface area (Å²) in [5.74, 6) is 0.335. The predicted octanol–water partition coefficient (Wildman–Crippen LogP) is 10.2. The molecule has 10 aromatic rings. The lowest BCUT2D eigenvalue weighted by molar-refractivity contribution is 0.662. The van der Waals surface area contributed by atoms with Crippen LogP contribution in [-0.4, -0.2) is 19.1 Å². The van der Waals surface area contributed by atoms with E-state index < -0.39 is 48.3 Å². The van der Waals surface area contributed by atoms with Crippen molar-refractivity contribution in [2.45, 2.75) is 0 Å². The molecule has 0 saturated carbocycles. The van der Waals surface area contributed by atoms with Crippen LogP contribution in [-0.2, 0) is 0 Å². The second kappa shape index (κ2) is 9.15. The number of fused-ring (bicyclic) bond motifs is 9. The van der Waals surface area contributed by atoms with Gasteiger partial charge in [0.05, 0.1) is 38.7 Å². The second-order valence-electron chi connectivity index (χ2n) is 10.8.